The lowest BCUT2D eigenvalue weighted by Crippen LogP contribution is -2.26. The second kappa shape index (κ2) is 4.29. The number of Topliss-reactive ketones (excluding diaryl/α,β-unsaturated/α-hetero) is 1. The molecule has 0 radical (unpaired) electrons. The first-order chi connectivity index (χ1) is 6.99. The van der Waals surface area contributed by atoms with Gasteiger partial charge in [-0.15, -0.1) is 0 Å². The van der Waals surface area contributed by atoms with E-state index in [1.807, 2.05) is 6.92 Å². The van der Waals surface area contributed by atoms with E-state index in [1.54, 1.807) is 14.0 Å². The summed E-state index contributed by atoms with van der Waals surface area (Å²) in [6, 6.07) is 1.36. The van der Waals surface area contributed by atoms with Crippen LogP contribution >= 0.6 is 0 Å². The van der Waals surface area contributed by atoms with Crippen LogP contribution in [0.5, 0.6) is 5.75 Å². The van der Waals surface area contributed by atoms with Crippen molar-refractivity contribution in [2.24, 2.45) is 13.0 Å². The Bertz CT molecular complexity index is 434. The van der Waals surface area contributed by atoms with Gasteiger partial charge in [0.2, 0.25) is 0 Å². The van der Waals surface area contributed by atoms with E-state index in [0.29, 0.717) is 6.42 Å². The molecule has 0 saturated heterocycles. The molecule has 0 saturated carbocycles. The highest BCUT2D eigenvalue weighted by atomic mass is 16.3. The van der Waals surface area contributed by atoms with Gasteiger partial charge < -0.3 is 9.67 Å². The zero-order chi connectivity index (χ0) is 11.6. The number of rotatable bonds is 3. The standard InChI is InChI=1S/C11H15NO3/c1-4-7(2)10(14)9-8(13)5-6-12(3)11(9)15/h5-7,13H,4H2,1-3H3. The molecule has 0 spiro atoms. The molecule has 0 amide bonds. The van der Waals surface area contributed by atoms with Gasteiger partial charge in [0.1, 0.15) is 11.3 Å². The first-order valence-corrected chi connectivity index (χ1v) is 4.91. The smallest absolute Gasteiger partial charge is 0.264 e. The Morgan fingerprint density at radius 2 is 2.20 bits per heavy atom. The number of carbonyl (C=O) groups is 1. The molecule has 4 heteroatoms. The predicted octanol–water partition coefficient (Wildman–Crippen LogP) is 1.32. The van der Waals surface area contributed by atoms with Gasteiger partial charge in [-0.05, 0) is 12.5 Å². The Labute approximate surface area is 88.2 Å². The van der Waals surface area contributed by atoms with E-state index in [2.05, 4.69) is 0 Å². The highest BCUT2D eigenvalue weighted by Crippen LogP contribution is 2.17. The monoisotopic (exact) mass is 209 g/mol. The number of aromatic nitrogens is 1. The van der Waals surface area contributed by atoms with E-state index in [-0.39, 0.29) is 23.0 Å². The number of carbonyl (C=O) groups excluding carboxylic acids is 1. The first-order valence-electron chi connectivity index (χ1n) is 4.91. The maximum atomic E-state index is 11.8. The highest BCUT2D eigenvalue weighted by Gasteiger charge is 2.21. The van der Waals surface area contributed by atoms with E-state index in [9.17, 15) is 14.7 Å². The van der Waals surface area contributed by atoms with E-state index < -0.39 is 5.56 Å². The van der Waals surface area contributed by atoms with Crippen molar-refractivity contribution in [3.8, 4) is 5.75 Å². The fraction of sp³-hybridized carbons (Fsp3) is 0.455. The van der Waals surface area contributed by atoms with Crippen LogP contribution in [0.2, 0.25) is 0 Å². The summed E-state index contributed by atoms with van der Waals surface area (Å²) in [7, 11) is 1.55. The van der Waals surface area contributed by atoms with Gasteiger partial charge in [-0.1, -0.05) is 13.8 Å². The maximum absolute atomic E-state index is 11.8. The number of hydrogen-bond donors (Lipinski definition) is 1. The quantitative estimate of drug-likeness (QED) is 0.764. The van der Waals surface area contributed by atoms with Crippen molar-refractivity contribution in [3.63, 3.8) is 0 Å². The minimum atomic E-state index is -0.444. The molecule has 1 rings (SSSR count). The molecule has 1 unspecified atom stereocenters. The van der Waals surface area contributed by atoms with Crippen LogP contribution in [0.15, 0.2) is 17.1 Å². The first kappa shape index (κ1) is 11.5. The molecular formula is C11H15NO3. The van der Waals surface area contributed by atoms with Gasteiger partial charge in [-0.2, -0.15) is 0 Å². The molecule has 1 aromatic heterocycles. The number of aromatic hydroxyl groups is 1. The zero-order valence-electron chi connectivity index (χ0n) is 9.15. The number of nitrogens with zero attached hydrogens (tertiary/aromatic N) is 1. The van der Waals surface area contributed by atoms with Gasteiger partial charge in [0.15, 0.2) is 5.78 Å². The molecule has 0 aromatic carbocycles. The van der Waals surface area contributed by atoms with Crippen molar-refractivity contribution in [2.45, 2.75) is 20.3 Å². The van der Waals surface area contributed by atoms with E-state index in [4.69, 9.17) is 0 Å². The normalized spacial score (nSPS) is 12.5. The lowest BCUT2D eigenvalue weighted by Gasteiger charge is -2.09. The number of aryl methyl sites for hydroxylation is 1. The van der Waals surface area contributed by atoms with Crippen LogP contribution in [0.1, 0.15) is 30.6 Å². The average Bonchev–Trinajstić information content (AvgIpc) is 2.22. The summed E-state index contributed by atoms with van der Waals surface area (Å²) < 4.78 is 1.29. The Kier molecular flexibility index (Phi) is 3.29. The van der Waals surface area contributed by atoms with Crippen molar-refractivity contribution >= 4 is 5.78 Å². The number of ketones is 1. The van der Waals surface area contributed by atoms with E-state index in [0.717, 1.165) is 0 Å². The summed E-state index contributed by atoms with van der Waals surface area (Å²) in [6.45, 7) is 3.61. The van der Waals surface area contributed by atoms with Crippen LogP contribution in [0.4, 0.5) is 0 Å². The minimum absolute atomic E-state index is 0.102. The van der Waals surface area contributed by atoms with Gasteiger partial charge in [-0.25, -0.2) is 0 Å². The molecular weight excluding hydrogens is 194 g/mol. The topological polar surface area (TPSA) is 59.3 Å². The van der Waals surface area contributed by atoms with Gasteiger partial charge in [0.25, 0.3) is 5.56 Å². The molecule has 0 aliphatic rings. The maximum Gasteiger partial charge on any atom is 0.264 e. The lowest BCUT2D eigenvalue weighted by atomic mass is 9.97. The van der Waals surface area contributed by atoms with Crippen molar-refractivity contribution in [1.29, 1.82) is 0 Å². The third-order valence-corrected chi connectivity index (χ3v) is 2.55. The molecule has 0 aliphatic heterocycles. The van der Waals surface area contributed by atoms with Gasteiger partial charge in [-0.3, -0.25) is 9.59 Å². The minimum Gasteiger partial charge on any atom is -0.507 e. The van der Waals surface area contributed by atoms with Crippen molar-refractivity contribution in [3.05, 3.63) is 28.2 Å². The molecule has 0 aliphatic carbocycles. The third-order valence-electron chi connectivity index (χ3n) is 2.55. The van der Waals surface area contributed by atoms with Gasteiger partial charge in [0.05, 0.1) is 0 Å². The Morgan fingerprint density at radius 1 is 1.60 bits per heavy atom. The molecule has 1 N–H and O–H groups in total. The molecule has 15 heavy (non-hydrogen) atoms. The molecule has 1 atom stereocenters. The molecule has 1 heterocycles. The summed E-state index contributed by atoms with van der Waals surface area (Å²) in [5.74, 6) is -0.773. The molecule has 4 nitrogen and oxygen atoms in total. The molecule has 0 fully saturated rings. The van der Waals surface area contributed by atoms with Crippen LogP contribution < -0.4 is 5.56 Å². The summed E-state index contributed by atoms with van der Waals surface area (Å²) in [5, 5.41) is 9.50. The van der Waals surface area contributed by atoms with Crippen LogP contribution in [0.25, 0.3) is 0 Å². The average molecular weight is 209 g/mol. The van der Waals surface area contributed by atoms with Gasteiger partial charge in [0, 0.05) is 19.2 Å². The Balaban J connectivity index is 3.31. The van der Waals surface area contributed by atoms with Crippen LogP contribution in [0.3, 0.4) is 0 Å². The van der Waals surface area contributed by atoms with Crippen LogP contribution in [-0.4, -0.2) is 15.5 Å². The summed E-state index contributed by atoms with van der Waals surface area (Å²) in [5.41, 5.74) is -0.547. The summed E-state index contributed by atoms with van der Waals surface area (Å²) >= 11 is 0. The SMILES string of the molecule is CCC(C)C(=O)c1c(O)ccn(C)c1=O. The van der Waals surface area contributed by atoms with Crippen molar-refractivity contribution < 1.29 is 9.90 Å². The molecule has 1 aromatic rings. The number of pyridine rings is 1. The fourth-order valence-electron chi connectivity index (χ4n) is 1.28. The van der Waals surface area contributed by atoms with Crippen molar-refractivity contribution in [1.82, 2.24) is 4.57 Å². The molecule has 82 valence electrons. The second-order valence-electron chi connectivity index (χ2n) is 3.67. The molecule has 0 bridgehead atoms. The number of hydrogen-bond acceptors (Lipinski definition) is 3. The van der Waals surface area contributed by atoms with E-state index in [1.165, 1.54) is 16.8 Å². The Hall–Kier alpha value is -1.58. The highest BCUT2D eigenvalue weighted by molar-refractivity contribution is 5.99. The summed E-state index contributed by atoms with van der Waals surface area (Å²) in [6.07, 6.45) is 2.08. The fourth-order valence-corrected chi connectivity index (χ4v) is 1.28. The van der Waals surface area contributed by atoms with Gasteiger partial charge >= 0.3 is 0 Å². The van der Waals surface area contributed by atoms with Crippen LogP contribution in [0, 0.1) is 5.92 Å². The Morgan fingerprint density at radius 3 is 2.73 bits per heavy atom. The summed E-state index contributed by atoms with van der Waals surface area (Å²) in [4.78, 5) is 23.4. The predicted molar refractivity (Wildman–Crippen MR) is 57.1 cm³/mol. The lowest BCUT2D eigenvalue weighted by molar-refractivity contribution is 0.0922. The zero-order valence-corrected chi connectivity index (χ0v) is 9.15. The van der Waals surface area contributed by atoms with Crippen LogP contribution in [-0.2, 0) is 7.05 Å². The second-order valence-corrected chi connectivity index (χ2v) is 3.67. The largest absolute Gasteiger partial charge is 0.507 e. The third kappa shape index (κ3) is 2.09. The van der Waals surface area contributed by atoms with E-state index >= 15 is 0 Å². The van der Waals surface area contributed by atoms with Crippen molar-refractivity contribution in [2.75, 3.05) is 0 Å².